The Morgan fingerprint density at radius 3 is 2.50 bits per heavy atom. The van der Waals surface area contributed by atoms with E-state index in [0.29, 0.717) is 24.3 Å². The Bertz CT molecular complexity index is 1140. The van der Waals surface area contributed by atoms with Gasteiger partial charge >= 0.3 is 5.97 Å². The average molecular weight is 434 g/mol. The van der Waals surface area contributed by atoms with Crippen molar-refractivity contribution in [3.8, 4) is 5.69 Å². The molecule has 8 nitrogen and oxygen atoms in total. The second-order valence-corrected chi connectivity index (χ2v) is 8.03. The zero-order valence-electron chi connectivity index (χ0n) is 18.5. The van der Waals surface area contributed by atoms with Gasteiger partial charge in [-0.1, -0.05) is 12.1 Å². The van der Waals surface area contributed by atoms with Gasteiger partial charge in [-0.05, 0) is 55.8 Å². The fourth-order valence-corrected chi connectivity index (χ4v) is 4.09. The van der Waals surface area contributed by atoms with Crippen LogP contribution in [-0.2, 0) is 4.74 Å². The lowest BCUT2D eigenvalue weighted by molar-refractivity contribution is 0.0601. The first-order chi connectivity index (χ1) is 15.4. The largest absolute Gasteiger partial charge is 0.465 e. The molecule has 2 heterocycles. The number of benzene rings is 2. The molecular formula is C24H27N5O3. The molecule has 1 saturated heterocycles. The van der Waals surface area contributed by atoms with E-state index in [1.165, 1.54) is 29.2 Å². The van der Waals surface area contributed by atoms with Crippen LogP contribution in [0.1, 0.15) is 33.2 Å². The molecule has 1 aliphatic rings. The molecule has 1 aliphatic heterocycles. The minimum Gasteiger partial charge on any atom is -0.465 e. The number of hydrogen-bond donors (Lipinski definition) is 1. The molecule has 0 spiro atoms. The third kappa shape index (κ3) is 4.03. The molecule has 0 radical (unpaired) electrons. The molecule has 2 aromatic carbocycles. The Balaban J connectivity index is 1.46. The predicted molar refractivity (Wildman–Crippen MR) is 123 cm³/mol. The quantitative estimate of drug-likeness (QED) is 0.636. The van der Waals surface area contributed by atoms with Crippen molar-refractivity contribution in [2.45, 2.75) is 19.9 Å². The van der Waals surface area contributed by atoms with Crippen molar-refractivity contribution in [1.82, 2.24) is 14.7 Å². The highest BCUT2D eigenvalue weighted by Crippen LogP contribution is 2.23. The number of hydrogen-bond acceptors (Lipinski definition) is 6. The molecular weight excluding hydrogens is 406 g/mol. The molecule has 3 aromatic rings. The van der Waals surface area contributed by atoms with Gasteiger partial charge in [-0.3, -0.25) is 4.79 Å². The molecule has 0 bridgehead atoms. The number of nitrogens with zero attached hydrogens (tertiary/aromatic N) is 4. The van der Waals surface area contributed by atoms with Gasteiger partial charge in [0.15, 0.2) is 0 Å². The number of aromatic nitrogens is 2. The highest BCUT2D eigenvalue weighted by atomic mass is 16.5. The van der Waals surface area contributed by atoms with Crippen LogP contribution in [-0.4, -0.2) is 59.3 Å². The maximum atomic E-state index is 13.1. The summed E-state index contributed by atoms with van der Waals surface area (Å²) in [6, 6.07) is 15.7. The molecule has 0 unspecified atom stereocenters. The first-order valence-electron chi connectivity index (χ1n) is 10.5. The number of nitrogen functional groups attached to an aromatic ring is 1. The number of carbonyl (C=O) groups excluding carboxylic acids is 2. The first kappa shape index (κ1) is 21.4. The van der Waals surface area contributed by atoms with Crippen LogP contribution in [0.25, 0.3) is 5.69 Å². The number of ether oxygens (including phenoxy) is 1. The number of amides is 1. The van der Waals surface area contributed by atoms with Gasteiger partial charge in [0, 0.05) is 36.9 Å². The maximum Gasteiger partial charge on any atom is 0.343 e. The van der Waals surface area contributed by atoms with E-state index in [1.54, 1.807) is 24.3 Å². The van der Waals surface area contributed by atoms with E-state index in [0.717, 1.165) is 6.54 Å². The van der Waals surface area contributed by atoms with Gasteiger partial charge in [-0.15, -0.1) is 0 Å². The SMILES string of the molecule is COC(=O)c1cnn(-c2ccc(C(=O)N3CCN(c4cccc(C)c4)[C@@H](C)C3)cc2)c1N. The standard InChI is InChI=1S/C24H27N5O3/c1-16-5-4-6-20(13-16)28-12-11-27(15-17(28)2)23(30)18-7-9-19(10-8-18)29-22(25)21(14-26-29)24(31)32-3/h4-10,13-14,17H,11-12,15,25H2,1-3H3/t17-/m0/s1. The molecule has 1 amide bonds. The van der Waals surface area contributed by atoms with Crippen LogP contribution in [0.3, 0.4) is 0 Å². The fourth-order valence-electron chi connectivity index (χ4n) is 4.09. The molecule has 1 aromatic heterocycles. The van der Waals surface area contributed by atoms with Crippen molar-refractivity contribution in [1.29, 1.82) is 0 Å². The molecule has 1 atom stereocenters. The van der Waals surface area contributed by atoms with Crippen LogP contribution < -0.4 is 10.6 Å². The van der Waals surface area contributed by atoms with Crippen LogP contribution in [0.2, 0.25) is 0 Å². The summed E-state index contributed by atoms with van der Waals surface area (Å²) < 4.78 is 6.16. The zero-order valence-corrected chi connectivity index (χ0v) is 18.5. The Morgan fingerprint density at radius 1 is 1.09 bits per heavy atom. The predicted octanol–water partition coefficient (Wildman–Crippen LogP) is 2.90. The first-order valence-corrected chi connectivity index (χ1v) is 10.5. The highest BCUT2D eigenvalue weighted by molar-refractivity contribution is 5.95. The van der Waals surface area contributed by atoms with Gasteiger partial charge < -0.3 is 20.3 Å². The zero-order chi connectivity index (χ0) is 22.8. The summed E-state index contributed by atoms with van der Waals surface area (Å²) in [5.74, 6) is -0.354. The van der Waals surface area contributed by atoms with Crippen LogP contribution in [0.15, 0.2) is 54.7 Å². The molecule has 1 fully saturated rings. The summed E-state index contributed by atoms with van der Waals surface area (Å²) >= 11 is 0. The number of anilines is 2. The second-order valence-electron chi connectivity index (χ2n) is 8.03. The van der Waals surface area contributed by atoms with Crippen molar-refractivity contribution in [3.63, 3.8) is 0 Å². The van der Waals surface area contributed by atoms with E-state index in [9.17, 15) is 9.59 Å². The molecule has 0 aliphatic carbocycles. The monoisotopic (exact) mass is 433 g/mol. The molecule has 166 valence electrons. The Morgan fingerprint density at radius 2 is 1.84 bits per heavy atom. The number of aryl methyl sites for hydroxylation is 1. The summed E-state index contributed by atoms with van der Waals surface area (Å²) in [6.45, 7) is 6.33. The number of methoxy groups -OCH3 is 1. The van der Waals surface area contributed by atoms with E-state index in [-0.39, 0.29) is 23.3 Å². The molecule has 2 N–H and O–H groups in total. The number of piperazine rings is 1. The van der Waals surface area contributed by atoms with Crippen molar-refractivity contribution in [2.75, 3.05) is 37.4 Å². The van der Waals surface area contributed by atoms with Gasteiger partial charge in [-0.2, -0.15) is 5.10 Å². The molecule has 8 heteroatoms. The van der Waals surface area contributed by atoms with E-state index < -0.39 is 5.97 Å². The number of esters is 1. The maximum absolute atomic E-state index is 13.1. The fraction of sp³-hybridized carbons (Fsp3) is 0.292. The third-order valence-electron chi connectivity index (χ3n) is 5.82. The Kier molecular flexibility index (Phi) is 5.85. The van der Waals surface area contributed by atoms with Crippen molar-refractivity contribution >= 4 is 23.4 Å². The normalized spacial score (nSPS) is 16.2. The van der Waals surface area contributed by atoms with E-state index >= 15 is 0 Å². The van der Waals surface area contributed by atoms with Crippen LogP contribution >= 0.6 is 0 Å². The van der Waals surface area contributed by atoms with Gasteiger partial charge in [0.1, 0.15) is 11.4 Å². The number of nitrogens with two attached hydrogens (primary N) is 1. The Labute approximate surface area is 187 Å². The lowest BCUT2D eigenvalue weighted by atomic mass is 10.1. The lowest BCUT2D eigenvalue weighted by Gasteiger charge is -2.41. The molecule has 4 rings (SSSR count). The van der Waals surface area contributed by atoms with Crippen molar-refractivity contribution < 1.29 is 14.3 Å². The summed E-state index contributed by atoms with van der Waals surface area (Å²) in [5.41, 5.74) is 9.91. The minimum atomic E-state index is -0.542. The van der Waals surface area contributed by atoms with Gasteiger partial charge in [0.2, 0.25) is 0 Å². The number of carbonyl (C=O) groups is 2. The summed E-state index contributed by atoms with van der Waals surface area (Å²) in [6.07, 6.45) is 1.37. The smallest absolute Gasteiger partial charge is 0.343 e. The molecule has 32 heavy (non-hydrogen) atoms. The van der Waals surface area contributed by atoms with E-state index in [2.05, 4.69) is 48.1 Å². The van der Waals surface area contributed by atoms with Gasteiger partial charge in [0.25, 0.3) is 5.91 Å². The second kappa shape index (κ2) is 8.74. The van der Waals surface area contributed by atoms with Crippen LogP contribution in [0.4, 0.5) is 11.5 Å². The van der Waals surface area contributed by atoms with Crippen LogP contribution in [0.5, 0.6) is 0 Å². The average Bonchev–Trinajstić information content (AvgIpc) is 3.19. The highest BCUT2D eigenvalue weighted by Gasteiger charge is 2.27. The minimum absolute atomic E-state index is 0.00372. The van der Waals surface area contributed by atoms with Crippen LogP contribution in [0, 0.1) is 6.92 Å². The van der Waals surface area contributed by atoms with Crippen molar-refractivity contribution in [2.24, 2.45) is 0 Å². The summed E-state index contributed by atoms with van der Waals surface area (Å²) in [7, 11) is 1.29. The van der Waals surface area contributed by atoms with Gasteiger partial charge in [0.05, 0.1) is 19.0 Å². The Hall–Kier alpha value is -3.81. The van der Waals surface area contributed by atoms with E-state index in [4.69, 9.17) is 10.5 Å². The third-order valence-corrected chi connectivity index (χ3v) is 5.82. The summed E-state index contributed by atoms with van der Waals surface area (Å²) in [4.78, 5) is 29.1. The van der Waals surface area contributed by atoms with Crippen molar-refractivity contribution in [3.05, 3.63) is 71.4 Å². The van der Waals surface area contributed by atoms with Gasteiger partial charge in [-0.25, -0.2) is 9.48 Å². The molecule has 0 saturated carbocycles. The van der Waals surface area contributed by atoms with E-state index in [1.807, 2.05) is 4.90 Å². The summed E-state index contributed by atoms with van der Waals surface area (Å²) in [5, 5.41) is 4.16. The lowest BCUT2D eigenvalue weighted by Crippen LogP contribution is -2.53. The topological polar surface area (TPSA) is 93.7 Å². The number of rotatable bonds is 4.